The number of hydrogen-bond donors (Lipinski definition) is 0. The van der Waals surface area contributed by atoms with E-state index in [0.717, 1.165) is 40.4 Å². The van der Waals surface area contributed by atoms with Gasteiger partial charge in [-0.25, -0.2) is 0 Å². The van der Waals surface area contributed by atoms with Gasteiger partial charge in [-0.05, 0) is 62.4 Å². The Kier molecular flexibility index (Phi) is 4.50. The van der Waals surface area contributed by atoms with Gasteiger partial charge < -0.3 is 4.90 Å². The number of likely N-dealkylation sites (tertiary alicyclic amines) is 1. The van der Waals surface area contributed by atoms with E-state index in [9.17, 15) is 4.79 Å². The van der Waals surface area contributed by atoms with Crippen LogP contribution >= 0.6 is 43.5 Å². The number of nitrogens with zero attached hydrogens (tertiary/aromatic N) is 1. The maximum Gasteiger partial charge on any atom is 0.245 e. The number of rotatable bonds is 2. The van der Waals surface area contributed by atoms with Crippen LogP contribution in [0, 0.1) is 0 Å². The van der Waals surface area contributed by atoms with Crippen molar-refractivity contribution in [2.24, 2.45) is 0 Å². The second kappa shape index (κ2) is 5.72. The molecule has 2 nitrogen and oxygen atoms in total. The lowest BCUT2D eigenvalue weighted by Crippen LogP contribution is -2.30. The molecule has 0 radical (unpaired) electrons. The Bertz CT molecular complexity index is 433. The Balaban J connectivity index is 2.15. The Labute approximate surface area is 123 Å². The molecule has 0 N–H and O–H groups in total. The molecule has 0 aliphatic carbocycles. The molecule has 1 amide bonds. The van der Waals surface area contributed by atoms with E-state index in [2.05, 4.69) is 31.9 Å². The second-order valence-electron chi connectivity index (χ2n) is 4.07. The van der Waals surface area contributed by atoms with Gasteiger partial charge in [0, 0.05) is 22.0 Å². The SMILES string of the molecule is O=C(C(Cl)c1ccc(Br)c(Br)c1)N1CCCC1. The van der Waals surface area contributed by atoms with Gasteiger partial charge in [0.25, 0.3) is 0 Å². The highest BCUT2D eigenvalue weighted by atomic mass is 79.9. The van der Waals surface area contributed by atoms with Gasteiger partial charge in [-0.1, -0.05) is 6.07 Å². The van der Waals surface area contributed by atoms with Crippen LogP contribution in [0.15, 0.2) is 27.1 Å². The van der Waals surface area contributed by atoms with E-state index >= 15 is 0 Å². The fourth-order valence-corrected chi connectivity index (χ4v) is 2.83. The predicted molar refractivity (Wildman–Crippen MR) is 76.3 cm³/mol. The average molecular weight is 381 g/mol. The third-order valence-electron chi connectivity index (χ3n) is 2.87. The van der Waals surface area contributed by atoms with Crippen LogP contribution in [0.3, 0.4) is 0 Å². The summed E-state index contributed by atoms with van der Waals surface area (Å²) in [5.74, 6) is 0.0124. The van der Waals surface area contributed by atoms with Crippen molar-refractivity contribution in [3.63, 3.8) is 0 Å². The zero-order valence-electron chi connectivity index (χ0n) is 9.13. The number of benzene rings is 1. The van der Waals surface area contributed by atoms with Crippen molar-refractivity contribution >= 4 is 49.4 Å². The minimum Gasteiger partial charge on any atom is -0.341 e. The first-order valence-corrected chi connectivity index (χ1v) is 7.49. The molecule has 1 atom stereocenters. The van der Waals surface area contributed by atoms with E-state index in [1.54, 1.807) is 0 Å². The van der Waals surface area contributed by atoms with Crippen LogP contribution in [0.25, 0.3) is 0 Å². The lowest BCUT2D eigenvalue weighted by molar-refractivity contribution is -0.129. The van der Waals surface area contributed by atoms with E-state index < -0.39 is 5.38 Å². The molecular formula is C12H12Br2ClNO. The van der Waals surface area contributed by atoms with E-state index in [1.807, 2.05) is 23.1 Å². The van der Waals surface area contributed by atoms with E-state index in [4.69, 9.17) is 11.6 Å². The quantitative estimate of drug-likeness (QED) is 0.706. The molecule has 1 aliphatic heterocycles. The van der Waals surface area contributed by atoms with Crippen molar-refractivity contribution in [3.8, 4) is 0 Å². The van der Waals surface area contributed by atoms with Crippen LogP contribution in [0.1, 0.15) is 23.8 Å². The molecule has 1 aliphatic rings. The first kappa shape index (κ1) is 13.4. The van der Waals surface area contributed by atoms with Crippen molar-refractivity contribution in [1.82, 2.24) is 4.90 Å². The molecule has 5 heteroatoms. The van der Waals surface area contributed by atoms with Gasteiger partial charge in [-0.3, -0.25) is 4.79 Å². The van der Waals surface area contributed by atoms with Crippen molar-refractivity contribution < 1.29 is 4.79 Å². The zero-order valence-corrected chi connectivity index (χ0v) is 13.1. The van der Waals surface area contributed by atoms with Gasteiger partial charge in [0.05, 0.1) is 0 Å². The van der Waals surface area contributed by atoms with Gasteiger partial charge in [-0.2, -0.15) is 0 Å². The van der Waals surface area contributed by atoms with E-state index in [1.165, 1.54) is 0 Å². The number of alkyl halides is 1. The van der Waals surface area contributed by atoms with Crippen molar-refractivity contribution in [1.29, 1.82) is 0 Å². The standard InChI is InChI=1S/C12H12Br2ClNO/c13-9-4-3-8(7-10(9)14)11(15)12(17)16-5-1-2-6-16/h3-4,7,11H,1-2,5-6H2. The molecule has 2 rings (SSSR count). The highest BCUT2D eigenvalue weighted by Gasteiger charge is 2.26. The predicted octanol–water partition coefficient (Wildman–Crippen LogP) is 4.11. The molecule has 17 heavy (non-hydrogen) atoms. The molecule has 1 saturated heterocycles. The summed E-state index contributed by atoms with van der Waals surface area (Å²) in [6.45, 7) is 1.67. The van der Waals surface area contributed by atoms with Crippen molar-refractivity contribution in [2.75, 3.05) is 13.1 Å². The first-order valence-electron chi connectivity index (χ1n) is 5.47. The second-order valence-corrected chi connectivity index (χ2v) is 6.21. The van der Waals surface area contributed by atoms with E-state index in [-0.39, 0.29) is 5.91 Å². The summed E-state index contributed by atoms with van der Waals surface area (Å²) in [6, 6.07) is 5.66. The summed E-state index contributed by atoms with van der Waals surface area (Å²) in [7, 11) is 0. The number of hydrogen-bond acceptors (Lipinski definition) is 1. The fourth-order valence-electron chi connectivity index (χ4n) is 1.91. The zero-order chi connectivity index (χ0) is 12.4. The van der Waals surface area contributed by atoms with Gasteiger partial charge in [0.2, 0.25) is 5.91 Å². The molecule has 1 unspecified atom stereocenters. The van der Waals surface area contributed by atoms with Crippen LogP contribution in [0.5, 0.6) is 0 Å². The van der Waals surface area contributed by atoms with Gasteiger partial charge in [0.1, 0.15) is 5.38 Å². The third kappa shape index (κ3) is 3.04. The molecule has 1 fully saturated rings. The summed E-state index contributed by atoms with van der Waals surface area (Å²) in [5.41, 5.74) is 0.832. The average Bonchev–Trinajstić information content (AvgIpc) is 2.84. The van der Waals surface area contributed by atoms with Crippen LogP contribution < -0.4 is 0 Å². The van der Waals surface area contributed by atoms with Crippen LogP contribution in [0.4, 0.5) is 0 Å². The van der Waals surface area contributed by atoms with Crippen molar-refractivity contribution in [2.45, 2.75) is 18.2 Å². The highest BCUT2D eigenvalue weighted by Crippen LogP contribution is 2.30. The van der Waals surface area contributed by atoms with Crippen molar-refractivity contribution in [3.05, 3.63) is 32.7 Å². The molecule has 0 bridgehead atoms. The largest absolute Gasteiger partial charge is 0.341 e. The Morgan fingerprint density at radius 1 is 1.24 bits per heavy atom. The minimum absolute atomic E-state index is 0.0124. The number of halogens is 3. The smallest absolute Gasteiger partial charge is 0.245 e. The number of amides is 1. The molecule has 0 spiro atoms. The minimum atomic E-state index is -0.586. The molecular weight excluding hydrogens is 369 g/mol. The highest BCUT2D eigenvalue weighted by molar-refractivity contribution is 9.13. The molecule has 1 aromatic carbocycles. The first-order chi connectivity index (χ1) is 8.09. The van der Waals surface area contributed by atoms with Gasteiger partial charge in [0.15, 0.2) is 0 Å². The maximum absolute atomic E-state index is 12.1. The summed E-state index contributed by atoms with van der Waals surface area (Å²) in [5, 5.41) is -0.586. The maximum atomic E-state index is 12.1. The molecule has 0 saturated carbocycles. The number of carbonyl (C=O) groups excluding carboxylic acids is 1. The number of carbonyl (C=O) groups is 1. The lowest BCUT2D eigenvalue weighted by Gasteiger charge is -2.19. The fraction of sp³-hybridized carbons (Fsp3) is 0.417. The Morgan fingerprint density at radius 3 is 2.47 bits per heavy atom. The molecule has 1 heterocycles. The third-order valence-corrected chi connectivity index (χ3v) is 5.19. The summed E-state index contributed by atoms with van der Waals surface area (Å²) in [4.78, 5) is 13.9. The normalized spacial score (nSPS) is 17.2. The molecule has 92 valence electrons. The van der Waals surface area contributed by atoms with Gasteiger partial charge >= 0.3 is 0 Å². The Hall–Kier alpha value is -0.0600. The summed E-state index contributed by atoms with van der Waals surface area (Å²) >= 11 is 13.0. The van der Waals surface area contributed by atoms with E-state index in [0.29, 0.717) is 0 Å². The molecule has 0 aromatic heterocycles. The Morgan fingerprint density at radius 2 is 1.88 bits per heavy atom. The summed E-state index contributed by atoms with van der Waals surface area (Å²) < 4.78 is 1.87. The monoisotopic (exact) mass is 379 g/mol. The van der Waals surface area contributed by atoms with Crippen LogP contribution in [-0.2, 0) is 4.79 Å². The van der Waals surface area contributed by atoms with Crippen LogP contribution in [-0.4, -0.2) is 23.9 Å². The van der Waals surface area contributed by atoms with Crippen LogP contribution in [0.2, 0.25) is 0 Å². The topological polar surface area (TPSA) is 20.3 Å². The lowest BCUT2D eigenvalue weighted by atomic mass is 10.1. The summed E-state index contributed by atoms with van der Waals surface area (Å²) in [6.07, 6.45) is 2.17. The molecule has 1 aromatic rings. The van der Waals surface area contributed by atoms with Gasteiger partial charge in [-0.15, -0.1) is 11.6 Å².